The van der Waals surface area contributed by atoms with Crippen LogP contribution in [0.25, 0.3) is 0 Å². The monoisotopic (exact) mass is 503 g/mol. The Morgan fingerprint density at radius 3 is 2.28 bits per heavy atom. The van der Waals surface area contributed by atoms with Crippen LogP contribution in [-0.2, 0) is 19.2 Å². The number of halogens is 5. The molecule has 0 atom stereocenters. The van der Waals surface area contributed by atoms with Crippen molar-refractivity contribution in [2.45, 2.75) is 19.2 Å². The second-order valence-corrected chi connectivity index (χ2v) is 7.43. The molecule has 36 heavy (non-hydrogen) atoms. The molecule has 186 valence electrons. The lowest BCUT2D eigenvalue weighted by Crippen LogP contribution is -2.07. The molecule has 0 aliphatic rings. The Bertz CT molecular complexity index is 1300. The molecule has 2 aromatic carbocycles. The van der Waals surface area contributed by atoms with Crippen molar-refractivity contribution in [2.75, 3.05) is 6.61 Å². The minimum atomic E-state index is -4.54. The number of ether oxygens (including phenoxy) is 3. The van der Waals surface area contributed by atoms with Gasteiger partial charge in [0.1, 0.15) is 6.61 Å². The van der Waals surface area contributed by atoms with E-state index in [1.54, 1.807) is 0 Å². The molecule has 2 heterocycles. The number of nitrogens with zero attached hydrogens (tertiary/aromatic N) is 3. The molecule has 0 fully saturated rings. The van der Waals surface area contributed by atoms with E-state index in [9.17, 15) is 22.0 Å². The van der Waals surface area contributed by atoms with E-state index in [-0.39, 0.29) is 43.2 Å². The highest BCUT2D eigenvalue weighted by atomic mass is 19.4. The number of pyridine rings is 1. The average molecular weight is 503 g/mol. The zero-order valence-electron chi connectivity index (χ0n) is 18.5. The Kier molecular flexibility index (Phi) is 7.57. The molecule has 6 nitrogen and oxygen atoms in total. The van der Waals surface area contributed by atoms with E-state index >= 15 is 0 Å². The summed E-state index contributed by atoms with van der Waals surface area (Å²) in [6.45, 7) is 0.174. The zero-order chi connectivity index (χ0) is 25.5. The van der Waals surface area contributed by atoms with Crippen molar-refractivity contribution in [1.29, 1.82) is 0 Å². The Morgan fingerprint density at radius 2 is 1.58 bits per heavy atom. The van der Waals surface area contributed by atoms with Gasteiger partial charge in [-0.1, -0.05) is 36.4 Å². The van der Waals surface area contributed by atoms with Gasteiger partial charge in [-0.15, -0.1) is 0 Å². The van der Waals surface area contributed by atoms with E-state index < -0.39 is 23.4 Å². The van der Waals surface area contributed by atoms with Crippen LogP contribution in [-0.4, -0.2) is 21.6 Å². The predicted molar refractivity (Wildman–Crippen MR) is 118 cm³/mol. The number of aromatic nitrogens is 3. The SMILES string of the molecule is Fc1cc(CCOc2nc(OCc3ccccc3)ncc2F)ccc1Oc1ccc(C(F)(F)F)cn1. The van der Waals surface area contributed by atoms with Crippen molar-refractivity contribution in [3.8, 4) is 23.5 Å². The summed E-state index contributed by atoms with van der Waals surface area (Å²) in [5.74, 6) is -2.24. The standard InChI is InChI=1S/C25H18F5N3O3/c26-19-12-16(6-8-21(19)36-22-9-7-18(13-31-22)25(28,29)30)10-11-34-23-20(27)14-32-24(33-23)35-15-17-4-2-1-3-5-17/h1-9,12-14H,10-11,15H2. The van der Waals surface area contributed by atoms with Crippen LogP contribution in [0.1, 0.15) is 16.7 Å². The molecule has 0 radical (unpaired) electrons. The average Bonchev–Trinajstić information content (AvgIpc) is 2.86. The van der Waals surface area contributed by atoms with Gasteiger partial charge >= 0.3 is 12.2 Å². The summed E-state index contributed by atoms with van der Waals surface area (Å²) in [5.41, 5.74) is 0.451. The van der Waals surface area contributed by atoms with E-state index in [1.807, 2.05) is 30.3 Å². The fraction of sp³-hybridized carbons (Fsp3) is 0.160. The van der Waals surface area contributed by atoms with Crippen molar-refractivity contribution in [3.05, 3.63) is 101 Å². The second-order valence-electron chi connectivity index (χ2n) is 7.43. The van der Waals surface area contributed by atoms with Crippen LogP contribution in [0.2, 0.25) is 0 Å². The van der Waals surface area contributed by atoms with Gasteiger partial charge in [-0.2, -0.15) is 22.5 Å². The van der Waals surface area contributed by atoms with Crippen LogP contribution in [0.3, 0.4) is 0 Å². The first-order chi connectivity index (χ1) is 17.3. The molecular formula is C25H18F5N3O3. The van der Waals surface area contributed by atoms with Gasteiger partial charge < -0.3 is 14.2 Å². The van der Waals surface area contributed by atoms with Gasteiger partial charge in [-0.05, 0) is 29.3 Å². The van der Waals surface area contributed by atoms with Crippen LogP contribution >= 0.6 is 0 Å². The maximum absolute atomic E-state index is 14.4. The van der Waals surface area contributed by atoms with Crippen molar-refractivity contribution in [2.24, 2.45) is 0 Å². The molecular weight excluding hydrogens is 485 g/mol. The number of hydrogen-bond acceptors (Lipinski definition) is 6. The van der Waals surface area contributed by atoms with Crippen LogP contribution in [0.5, 0.6) is 23.5 Å². The topological polar surface area (TPSA) is 66.4 Å². The third kappa shape index (κ3) is 6.65. The van der Waals surface area contributed by atoms with Gasteiger partial charge in [0.15, 0.2) is 11.6 Å². The maximum atomic E-state index is 14.4. The largest absolute Gasteiger partial charge is 0.475 e. The molecule has 0 N–H and O–H groups in total. The normalized spacial score (nSPS) is 11.2. The maximum Gasteiger partial charge on any atom is 0.417 e. The van der Waals surface area contributed by atoms with Crippen LogP contribution in [0, 0.1) is 11.6 Å². The highest BCUT2D eigenvalue weighted by Gasteiger charge is 2.30. The summed E-state index contributed by atoms with van der Waals surface area (Å²) in [7, 11) is 0. The molecule has 4 aromatic rings. The smallest absolute Gasteiger partial charge is 0.417 e. The third-order valence-electron chi connectivity index (χ3n) is 4.80. The Morgan fingerprint density at radius 1 is 0.778 bits per heavy atom. The fourth-order valence-electron chi connectivity index (χ4n) is 3.00. The molecule has 11 heteroatoms. The number of hydrogen-bond donors (Lipinski definition) is 0. The summed E-state index contributed by atoms with van der Waals surface area (Å²) < 4.78 is 82.4. The molecule has 0 aliphatic carbocycles. The Hall–Kier alpha value is -4.28. The van der Waals surface area contributed by atoms with E-state index in [2.05, 4.69) is 15.0 Å². The van der Waals surface area contributed by atoms with E-state index in [1.165, 1.54) is 18.2 Å². The van der Waals surface area contributed by atoms with E-state index in [4.69, 9.17) is 14.2 Å². The van der Waals surface area contributed by atoms with Gasteiger partial charge in [0, 0.05) is 18.7 Å². The van der Waals surface area contributed by atoms with Gasteiger partial charge in [0.2, 0.25) is 11.7 Å². The molecule has 0 saturated carbocycles. The summed E-state index contributed by atoms with van der Waals surface area (Å²) in [4.78, 5) is 11.2. The molecule has 0 saturated heterocycles. The quantitative estimate of drug-likeness (QED) is 0.255. The van der Waals surface area contributed by atoms with Crippen molar-refractivity contribution < 1.29 is 36.2 Å². The highest BCUT2D eigenvalue weighted by molar-refractivity contribution is 5.33. The summed E-state index contributed by atoms with van der Waals surface area (Å²) in [6, 6.07) is 15.0. The fourth-order valence-corrected chi connectivity index (χ4v) is 3.00. The molecule has 0 unspecified atom stereocenters. The lowest BCUT2D eigenvalue weighted by atomic mass is 10.1. The summed E-state index contributed by atoms with van der Waals surface area (Å²) in [5, 5.41) is 0. The lowest BCUT2D eigenvalue weighted by molar-refractivity contribution is -0.137. The first-order valence-electron chi connectivity index (χ1n) is 10.6. The lowest BCUT2D eigenvalue weighted by Gasteiger charge is -2.10. The first kappa shape index (κ1) is 24.8. The zero-order valence-corrected chi connectivity index (χ0v) is 18.5. The molecule has 0 bridgehead atoms. The van der Waals surface area contributed by atoms with E-state index in [0.29, 0.717) is 11.8 Å². The van der Waals surface area contributed by atoms with Crippen LogP contribution in [0.15, 0.2) is 73.1 Å². The first-order valence-corrected chi connectivity index (χ1v) is 10.6. The summed E-state index contributed by atoms with van der Waals surface area (Å²) in [6.07, 6.45) is -2.79. The Balaban J connectivity index is 1.31. The molecule has 0 amide bonds. The number of rotatable bonds is 9. The van der Waals surface area contributed by atoms with Gasteiger partial charge in [0.05, 0.1) is 18.4 Å². The molecule has 0 aliphatic heterocycles. The van der Waals surface area contributed by atoms with Crippen molar-refractivity contribution in [3.63, 3.8) is 0 Å². The van der Waals surface area contributed by atoms with E-state index in [0.717, 1.165) is 23.9 Å². The van der Waals surface area contributed by atoms with Crippen molar-refractivity contribution >= 4 is 0 Å². The molecule has 4 rings (SSSR count). The minimum Gasteiger partial charge on any atom is -0.475 e. The highest BCUT2D eigenvalue weighted by Crippen LogP contribution is 2.30. The van der Waals surface area contributed by atoms with Gasteiger partial charge in [-0.3, -0.25) is 0 Å². The number of benzene rings is 2. The second kappa shape index (κ2) is 11.0. The van der Waals surface area contributed by atoms with Gasteiger partial charge in [0.25, 0.3) is 5.88 Å². The Labute approximate surface area is 202 Å². The molecule has 2 aromatic heterocycles. The number of alkyl halides is 3. The predicted octanol–water partition coefficient (Wildman–Crippen LogP) is 6.16. The molecule has 0 spiro atoms. The van der Waals surface area contributed by atoms with Gasteiger partial charge in [-0.25, -0.2) is 14.4 Å². The minimum absolute atomic E-state index is 0.0217. The van der Waals surface area contributed by atoms with Crippen molar-refractivity contribution in [1.82, 2.24) is 15.0 Å². The van der Waals surface area contributed by atoms with Crippen LogP contribution in [0.4, 0.5) is 22.0 Å². The van der Waals surface area contributed by atoms with Crippen LogP contribution < -0.4 is 14.2 Å². The summed E-state index contributed by atoms with van der Waals surface area (Å²) >= 11 is 0. The third-order valence-corrected chi connectivity index (χ3v) is 4.80.